The highest BCUT2D eigenvalue weighted by molar-refractivity contribution is 6.06. The summed E-state index contributed by atoms with van der Waals surface area (Å²) in [5.41, 5.74) is 6.20. The minimum absolute atomic E-state index is 0.228. The molecule has 1 aromatic heterocycles. The van der Waals surface area contributed by atoms with E-state index in [1.165, 1.54) is 19.1 Å². The molecule has 3 rings (SSSR count). The lowest BCUT2D eigenvalue weighted by Gasteiger charge is -2.32. The van der Waals surface area contributed by atoms with Crippen LogP contribution >= 0.6 is 0 Å². The molecule has 0 saturated heterocycles. The maximum absolute atomic E-state index is 12.7. The maximum Gasteiger partial charge on any atom is 0.269 e. The molecular weight excluding hydrogens is 364 g/mol. The van der Waals surface area contributed by atoms with Crippen molar-refractivity contribution >= 4 is 29.1 Å². The SMILES string of the molecule is CCC1Oc2ccc(N)nc2N(CC(=O)Nc2ccc(OC)cc2OC)C1=O. The van der Waals surface area contributed by atoms with Crippen molar-refractivity contribution < 1.29 is 23.8 Å². The minimum Gasteiger partial charge on any atom is -0.497 e. The molecule has 2 heterocycles. The van der Waals surface area contributed by atoms with Gasteiger partial charge in [-0.3, -0.25) is 14.5 Å². The van der Waals surface area contributed by atoms with Gasteiger partial charge in [0.1, 0.15) is 23.9 Å². The molecule has 2 aromatic rings. The molecule has 0 radical (unpaired) electrons. The van der Waals surface area contributed by atoms with Gasteiger partial charge in [0.15, 0.2) is 17.7 Å². The molecule has 1 aliphatic heterocycles. The number of carbonyl (C=O) groups excluding carboxylic acids is 2. The van der Waals surface area contributed by atoms with Gasteiger partial charge in [0.25, 0.3) is 5.91 Å². The predicted molar refractivity (Wildman–Crippen MR) is 104 cm³/mol. The highest BCUT2D eigenvalue weighted by Crippen LogP contribution is 2.34. The van der Waals surface area contributed by atoms with E-state index in [9.17, 15) is 9.59 Å². The van der Waals surface area contributed by atoms with Crippen molar-refractivity contribution in [1.82, 2.24) is 4.98 Å². The Balaban J connectivity index is 1.83. The van der Waals surface area contributed by atoms with E-state index in [1.54, 1.807) is 30.3 Å². The standard InChI is InChI=1S/C19H22N4O5/c1-4-13-19(25)23(18-14(28-13)7-8-16(20)22-18)10-17(24)21-12-6-5-11(26-2)9-15(12)27-3/h5-9,13H,4,10H2,1-3H3,(H2,20,22)(H,21,24). The predicted octanol–water partition coefficient (Wildman–Crippen LogP) is 1.82. The van der Waals surface area contributed by atoms with Crippen molar-refractivity contribution in [3.8, 4) is 17.2 Å². The second kappa shape index (κ2) is 8.03. The molecule has 148 valence electrons. The number of ether oxygens (including phenoxy) is 3. The van der Waals surface area contributed by atoms with Gasteiger partial charge in [-0.05, 0) is 30.7 Å². The molecule has 1 atom stereocenters. The number of aromatic nitrogens is 1. The van der Waals surface area contributed by atoms with Crippen molar-refractivity contribution in [2.45, 2.75) is 19.4 Å². The van der Waals surface area contributed by atoms with Crippen LogP contribution in [0.4, 0.5) is 17.3 Å². The summed E-state index contributed by atoms with van der Waals surface area (Å²) in [6.45, 7) is 1.59. The number of amides is 2. The van der Waals surface area contributed by atoms with Crippen molar-refractivity contribution in [3.05, 3.63) is 30.3 Å². The van der Waals surface area contributed by atoms with Crippen LogP contribution in [-0.2, 0) is 9.59 Å². The first-order valence-corrected chi connectivity index (χ1v) is 8.73. The van der Waals surface area contributed by atoms with Gasteiger partial charge in [-0.2, -0.15) is 0 Å². The van der Waals surface area contributed by atoms with Crippen molar-refractivity contribution in [3.63, 3.8) is 0 Å². The fraction of sp³-hybridized carbons (Fsp3) is 0.316. The van der Waals surface area contributed by atoms with Gasteiger partial charge in [0, 0.05) is 6.07 Å². The molecule has 1 aromatic carbocycles. The average molecular weight is 386 g/mol. The molecular formula is C19H22N4O5. The number of nitrogens with two attached hydrogens (primary N) is 1. The molecule has 28 heavy (non-hydrogen) atoms. The maximum atomic E-state index is 12.7. The number of hydrogen-bond acceptors (Lipinski definition) is 7. The number of methoxy groups -OCH3 is 2. The van der Waals surface area contributed by atoms with Crippen LogP contribution in [0.15, 0.2) is 30.3 Å². The summed E-state index contributed by atoms with van der Waals surface area (Å²) in [5, 5.41) is 2.75. The first-order chi connectivity index (χ1) is 13.5. The number of nitrogens with zero attached hydrogens (tertiary/aromatic N) is 2. The molecule has 3 N–H and O–H groups in total. The van der Waals surface area contributed by atoms with Crippen LogP contribution < -0.4 is 30.2 Å². The molecule has 2 amide bonds. The molecule has 1 unspecified atom stereocenters. The van der Waals surface area contributed by atoms with Crippen LogP contribution in [0.3, 0.4) is 0 Å². The second-order valence-corrected chi connectivity index (χ2v) is 6.11. The smallest absolute Gasteiger partial charge is 0.269 e. The number of carbonyl (C=O) groups is 2. The summed E-state index contributed by atoms with van der Waals surface area (Å²) in [6.07, 6.45) is -0.214. The van der Waals surface area contributed by atoms with Crippen LogP contribution in [0.2, 0.25) is 0 Å². The Morgan fingerprint density at radius 3 is 2.75 bits per heavy atom. The molecule has 1 aliphatic rings. The number of hydrogen-bond donors (Lipinski definition) is 2. The van der Waals surface area contributed by atoms with E-state index in [2.05, 4.69) is 10.3 Å². The Labute approximate surface area is 162 Å². The van der Waals surface area contributed by atoms with E-state index in [4.69, 9.17) is 19.9 Å². The number of fused-ring (bicyclic) bond motifs is 1. The highest BCUT2D eigenvalue weighted by atomic mass is 16.5. The second-order valence-electron chi connectivity index (χ2n) is 6.11. The van der Waals surface area contributed by atoms with Crippen molar-refractivity contribution in [2.24, 2.45) is 0 Å². The number of rotatable bonds is 6. The monoisotopic (exact) mass is 386 g/mol. The van der Waals surface area contributed by atoms with Gasteiger partial charge < -0.3 is 25.3 Å². The number of pyridine rings is 1. The van der Waals surface area contributed by atoms with Gasteiger partial charge in [0.05, 0.1) is 19.9 Å². The van der Waals surface area contributed by atoms with Crippen LogP contribution in [0.1, 0.15) is 13.3 Å². The lowest BCUT2D eigenvalue weighted by Crippen LogP contribution is -2.49. The molecule has 9 heteroatoms. The third-order valence-corrected chi connectivity index (χ3v) is 4.28. The Bertz CT molecular complexity index is 902. The number of anilines is 3. The summed E-state index contributed by atoms with van der Waals surface area (Å²) in [7, 11) is 3.03. The average Bonchev–Trinajstić information content (AvgIpc) is 2.70. The third kappa shape index (κ3) is 3.78. The first-order valence-electron chi connectivity index (χ1n) is 8.73. The van der Waals surface area contributed by atoms with Crippen molar-refractivity contribution in [2.75, 3.05) is 36.7 Å². The summed E-state index contributed by atoms with van der Waals surface area (Å²) >= 11 is 0. The van der Waals surface area contributed by atoms with Gasteiger partial charge >= 0.3 is 0 Å². The molecule has 0 spiro atoms. The lowest BCUT2D eigenvalue weighted by atomic mass is 10.2. The van der Waals surface area contributed by atoms with Gasteiger partial charge in [-0.15, -0.1) is 0 Å². The van der Waals surface area contributed by atoms with Gasteiger partial charge in [-0.25, -0.2) is 4.98 Å². The Kier molecular flexibility index (Phi) is 5.53. The van der Waals surface area contributed by atoms with Crippen molar-refractivity contribution in [1.29, 1.82) is 0 Å². The van der Waals surface area contributed by atoms with Crippen LogP contribution in [0.25, 0.3) is 0 Å². The largest absolute Gasteiger partial charge is 0.497 e. The zero-order chi connectivity index (χ0) is 20.3. The van der Waals surface area contributed by atoms with E-state index in [1.807, 2.05) is 6.92 Å². The molecule has 0 saturated carbocycles. The summed E-state index contributed by atoms with van der Waals surface area (Å²) in [4.78, 5) is 30.8. The lowest BCUT2D eigenvalue weighted by molar-refractivity contribution is -0.128. The Morgan fingerprint density at radius 2 is 2.07 bits per heavy atom. The fourth-order valence-electron chi connectivity index (χ4n) is 2.86. The number of nitrogen functional groups attached to an aromatic ring is 1. The summed E-state index contributed by atoms with van der Waals surface area (Å²) in [5.74, 6) is 1.15. The molecule has 0 aliphatic carbocycles. The summed E-state index contributed by atoms with van der Waals surface area (Å²) in [6, 6.07) is 8.24. The van der Waals surface area contributed by atoms with E-state index in [0.717, 1.165) is 0 Å². The van der Waals surface area contributed by atoms with E-state index in [-0.39, 0.29) is 24.1 Å². The normalized spacial score (nSPS) is 15.5. The van der Waals surface area contributed by atoms with E-state index < -0.39 is 12.0 Å². The first kappa shape index (κ1) is 19.3. The number of benzene rings is 1. The van der Waals surface area contributed by atoms with Crippen LogP contribution in [-0.4, -0.2) is 43.7 Å². The number of nitrogens with one attached hydrogen (secondary N) is 1. The van der Waals surface area contributed by atoms with Gasteiger partial charge in [-0.1, -0.05) is 6.92 Å². The highest BCUT2D eigenvalue weighted by Gasteiger charge is 2.35. The van der Waals surface area contributed by atoms with Crippen LogP contribution in [0, 0.1) is 0 Å². The topological polar surface area (TPSA) is 116 Å². The quantitative estimate of drug-likeness (QED) is 0.778. The fourth-order valence-corrected chi connectivity index (χ4v) is 2.86. The Morgan fingerprint density at radius 1 is 1.29 bits per heavy atom. The third-order valence-electron chi connectivity index (χ3n) is 4.28. The van der Waals surface area contributed by atoms with Crippen LogP contribution in [0.5, 0.6) is 17.2 Å². The molecule has 0 fully saturated rings. The van der Waals surface area contributed by atoms with E-state index >= 15 is 0 Å². The zero-order valence-corrected chi connectivity index (χ0v) is 15.9. The summed E-state index contributed by atoms with van der Waals surface area (Å²) < 4.78 is 16.1. The zero-order valence-electron chi connectivity index (χ0n) is 15.9. The Hall–Kier alpha value is -3.49. The van der Waals surface area contributed by atoms with E-state index in [0.29, 0.717) is 29.4 Å². The minimum atomic E-state index is -0.679. The molecule has 9 nitrogen and oxygen atoms in total. The molecule has 0 bridgehead atoms. The van der Waals surface area contributed by atoms with Gasteiger partial charge in [0.2, 0.25) is 5.91 Å².